The average molecular weight is 446 g/mol. The van der Waals surface area contributed by atoms with Gasteiger partial charge in [-0.3, -0.25) is 4.90 Å². The van der Waals surface area contributed by atoms with Crippen LogP contribution in [0, 0.1) is 13.8 Å². The first-order valence-electron chi connectivity index (χ1n) is 12.1. The van der Waals surface area contributed by atoms with E-state index in [4.69, 9.17) is 4.98 Å². The Hall–Kier alpha value is -2.93. The highest BCUT2D eigenvalue weighted by Crippen LogP contribution is 2.38. The van der Waals surface area contributed by atoms with Crippen LogP contribution in [-0.4, -0.2) is 61.2 Å². The van der Waals surface area contributed by atoms with E-state index in [2.05, 4.69) is 91.7 Å². The number of nitrogens with zero attached hydrogens (tertiary/aromatic N) is 6. The number of hydrogen-bond acceptors (Lipinski definition) is 5. The maximum absolute atomic E-state index is 5.22. The second-order valence-electron chi connectivity index (χ2n) is 10.1. The van der Waals surface area contributed by atoms with Crippen LogP contribution in [0.3, 0.4) is 0 Å². The highest BCUT2D eigenvalue weighted by molar-refractivity contribution is 5.90. The van der Waals surface area contributed by atoms with Gasteiger partial charge in [-0.1, -0.05) is 13.8 Å². The van der Waals surface area contributed by atoms with Gasteiger partial charge in [0.05, 0.1) is 16.7 Å². The number of H-pyrrole nitrogens is 1. The molecule has 4 aromatic heterocycles. The van der Waals surface area contributed by atoms with Crippen LogP contribution in [0.4, 0.5) is 5.82 Å². The van der Waals surface area contributed by atoms with E-state index in [1.807, 2.05) is 4.52 Å². The first-order chi connectivity index (χ1) is 15.8. The fourth-order valence-corrected chi connectivity index (χ4v) is 5.43. The van der Waals surface area contributed by atoms with Crippen molar-refractivity contribution in [3.05, 3.63) is 41.3 Å². The molecule has 0 saturated carbocycles. The van der Waals surface area contributed by atoms with E-state index in [1.165, 1.54) is 11.1 Å². The zero-order valence-electron chi connectivity index (χ0n) is 20.8. The predicted octanol–water partition coefficient (Wildman–Crippen LogP) is 4.93. The molecule has 1 saturated heterocycles. The van der Waals surface area contributed by atoms with Gasteiger partial charge in [-0.25, -0.2) is 14.5 Å². The summed E-state index contributed by atoms with van der Waals surface area (Å²) in [4.78, 5) is 18.4. The Balaban J connectivity index is 1.60. The fraction of sp³-hybridized carbons (Fsp3) is 0.500. The molecular formula is C26H35N7. The van der Waals surface area contributed by atoms with E-state index in [9.17, 15) is 0 Å². The summed E-state index contributed by atoms with van der Waals surface area (Å²) in [5, 5.41) is 4.40. The maximum Gasteiger partial charge on any atom is 0.158 e. The van der Waals surface area contributed by atoms with E-state index in [0.717, 1.165) is 59.0 Å². The molecule has 1 aliphatic rings. The van der Waals surface area contributed by atoms with Gasteiger partial charge in [-0.2, -0.15) is 5.10 Å². The van der Waals surface area contributed by atoms with Crippen LogP contribution in [-0.2, 0) is 0 Å². The van der Waals surface area contributed by atoms with Crippen molar-refractivity contribution in [2.45, 2.75) is 66.5 Å². The van der Waals surface area contributed by atoms with E-state index >= 15 is 0 Å². The molecule has 1 fully saturated rings. The largest absolute Gasteiger partial charge is 0.354 e. The summed E-state index contributed by atoms with van der Waals surface area (Å²) in [6.07, 6.45) is 3.71. The number of anilines is 1. The number of aryl methyl sites for hydroxylation is 1. The minimum atomic E-state index is 0.333. The number of rotatable bonds is 4. The minimum absolute atomic E-state index is 0.333. The third-order valence-electron chi connectivity index (χ3n) is 7.30. The van der Waals surface area contributed by atoms with Gasteiger partial charge in [0.15, 0.2) is 5.65 Å². The lowest BCUT2D eigenvalue weighted by Gasteiger charge is -2.42. The Bertz CT molecular complexity index is 1310. The number of aromatic nitrogens is 5. The number of nitrogens with one attached hydrogen (secondary N) is 1. The standard InChI is InChI=1S/C26H35N7/c1-15(2)23-24(20-13-33-26(27-14-28-33)19(7)18(20)6)29-21-8-9-22(30-25(21)23)31-10-11-32(16(3)4)17(5)12-31/h8-9,13-17,29H,10-12H2,1-7H3/t17-/m1/s1. The summed E-state index contributed by atoms with van der Waals surface area (Å²) in [5.41, 5.74) is 9.02. The maximum atomic E-state index is 5.22. The Labute approximate surface area is 195 Å². The monoisotopic (exact) mass is 445 g/mol. The first-order valence-corrected chi connectivity index (χ1v) is 12.1. The Morgan fingerprint density at radius 1 is 1.06 bits per heavy atom. The van der Waals surface area contributed by atoms with Gasteiger partial charge in [-0.05, 0) is 63.8 Å². The van der Waals surface area contributed by atoms with Crippen LogP contribution in [0.25, 0.3) is 27.9 Å². The van der Waals surface area contributed by atoms with Crippen LogP contribution >= 0.6 is 0 Å². The van der Waals surface area contributed by atoms with Crippen LogP contribution in [0.1, 0.15) is 57.2 Å². The summed E-state index contributed by atoms with van der Waals surface area (Å²) in [6.45, 7) is 18.8. The van der Waals surface area contributed by atoms with Crippen molar-refractivity contribution in [3.63, 3.8) is 0 Å². The van der Waals surface area contributed by atoms with Gasteiger partial charge < -0.3 is 9.88 Å². The van der Waals surface area contributed by atoms with Crippen molar-refractivity contribution >= 4 is 22.5 Å². The number of fused-ring (bicyclic) bond motifs is 2. The van der Waals surface area contributed by atoms with Gasteiger partial charge in [0, 0.05) is 49.0 Å². The molecule has 7 nitrogen and oxygen atoms in total. The molecule has 0 spiro atoms. The van der Waals surface area contributed by atoms with E-state index in [0.29, 0.717) is 18.0 Å². The van der Waals surface area contributed by atoms with Crippen molar-refractivity contribution in [1.29, 1.82) is 0 Å². The summed E-state index contributed by atoms with van der Waals surface area (Å²) in [7, 11) is 0. The molecule has 0 amide bonds. The topological polar surface area (TPSA) is 65.4 Å². The van der Waals surface area contributed by atoms with Gasteiger partial charge in [0.25, 0.3) is 0 Å². The Morgan fingerprint density at radius 2 is 1.85 bits per heavy atom. The molecule has 1 aliphatic heterocycles. The summed E-state index contributed by atoms with van der Waals surface area (Å²) >= 11 is 0. The van der Waals surface area contributed by atoms with E-state index < -0.39 is 0 Å². The molecule has 7 heteroatoms. The van der Waals surface area contributed by atoms with Crippen molar-refractivity contribution in [2.75, 3.05) is 24.5 Å². The first kappa shape index (κ1) is 21.9. The van der Waals surface area contributed by atoms with Gasteiger partial charge >= 0.3 is 0 Å². The van der Waals surface area contributed by atoms with Crippen molar-refractivity contribution in [2.24, 2.45) is 0 Å². The third-order valence-corrected chi connectivity index (χ3v) is 7.30. The zero-order valence-corrected chi connectivity index (χ0v) is 20.8. The number of hydrogen-bond donors (Lipinski definition) is 1. The summed E-state index contributed by atoms with van der Waals surface area (Å²) in [6, 6.07) is 5.46. The molecule has 1 N–H and O–H groups in total. The fourth-order valence-electron chi connectivity index (χ4n) is 5.43. The number of piperazine rings is 1. The highest BCUT2D eigenvalue weighted by atomic mass is 15.3. The number of aromatic amines is 1. The van der Waals surface area contributed by atoms with Crippen molar-refractivity contribution in [1.82, 2.24) is 29.5 Å². The van der Waals surface area contributed by atoms with Crippen LogP contribution < -0.4 is 4.90 Å². The molecule has 5 rings (SSSR count). The molecule has 174 valence electrons. The second-order valence-corrected chi connectivity index (χ2v) is 10.1. The highest BCUT2D eigenvalue weighted by Gasteiger charge is 2.27. The lowest BCUT2D eigenvalue weighted by Crippen LogP contribution is -2.54. The molecule has 0 radical (unpaired) electrons. The Kier molecular flexibility index (Phi) is 5.40. The van der Waals surface area contributed by atoms with Crippen LogP contribution in [0.15, 0.2) is 24.7 Å². The molecular weight excluding hydrogens is 410 g/mol. The number of pyridine rings is 2. The predicted molar refractivity (Wildman–Crippen MR) is 135 cm³/mol. The van der Waals surface area contributed by atoms with E-state index in [1.54, 1.807) is 6.33 Å². The average Bonchev–Trinajstić information content (AvgIpc) is 3.39. The molecule has 1 atom stereocenters. The van der Waals surface area contributed by atoms with Crippen LogP contribution in [0.2, 0.25) is 0 Å². The molecule has 0 aromatic carbocycles. The summed E-state index contributed by atoms with van der Waals surface area (Å²) in [5.74, 6) is 1.41. The van der Waals surface area contributed by atoms with Crippen LogP contribution in [0.5, 0.6) is 0 Å². The minimum Gasteiger partial charge on any atom is -0.354 e. The molecule has 33 heavy (non-hydrogen) atoms. The van der Waals surface area contributed by atoms with Gasteiger partial charge in [0.2, 0.25) is 0 Å². The van der Waals surface area contributed by atoms with E-state index in [-0.39, 0.29) is 0 Å². The quantitative estimate of drug-likeness (QED) is 0.482. The second kappa shape index (κ2) is 8.13. The SMILES string of the molecule is Cc1c(-c2[nH]c3ccc(N4CCN(C(C)C)[C@H](C)C4)nc3c2C(C)C)cn2ncnc2c1C. The zero-order chi connectivity index (χ0) is 23.4. The summed E-state index contributed by atoms with van der Waals surface area (Å²) < 4.78 is 1.88. The Morgan fingerprint density at radius 3 is 2.55 bits per heavy atom. The van der Waals surface area contributed by atoms with Crippen molar-refractivity contribution in [3.8, 4) is 11.3 Å². The molecule has 4 aromatic rings. The third kappa shape index (κ3) is 3.59. The normalized spacial score (nSPS) is 17.8. The van der Waals surface area contributed by atoms with Gasteiger partial charge in [-0.15, -0.1) is 0 Å². The molecule has 5 heterocycles. The lowest BCUT2D eigenvalue weighted by molar-refractivity contribution is 0.148. The molecule has 0 aliphatic carbocycles. The van der Waals surface area contributed by atoms with Crippen molar-refractivity contribution < 1.29 is 0 Å². The smallest absolute Gasteiger partial charge is 0.158 e. The molecule has 0 unspecified atom stereocenters. The van der Waals surface area contributed by atoms with Gasteiger partial charge in [0.1, 0.15) is 12.1 Å². The lowest BCUT2D eigenvalue weighted by atomic mass is 9.95. The molecule has 0 bridgehead atoms.